The van der Waals surface area contributed by atoms with Gasteiger partial charge in [-0.3, -0.25) is 4.79 Å². The number of carbonyl (C=O) groups excluding carboxylic acids is 3. The molecule has 1 aromatic carbocycles. The number of likely N-dealkylation sites (tertiary alicyclic amines) is 1. The van der Waals surface area contributed by atoms with E-state index in [1.165, 1.54) is 21.3 Å². The van der Waals surface area contributed by atoms with Crippen LogP contribution in [0.25, 0.3) is 0 Å². The molecule has 12 heteroatoms. The van der Waals surface area contributed by atoms with E-state index in [9.17, 15) is 19.6 Å². The number of nitrogens with zero attached hydrogens (tertiary/aromatic N) is 3. The molecule has 1 saturated heterocycles. The van der Waals surface area contributed by atoms with Crippen LogP contribution in [0.2, 0.25) is 0 Å². The third kappa shape index (κ3) is 4.29. The summed E-state index contributed by atoms with van der Waals surface area (Å²) in [4.78, 5) is 45.3. The van der Waals surface area contributed by atoms with Gasteiger partial charge < -0.3 is 28.5 Å². The summed E-state index contributed by atoms with van der Waals surface area (Å²) in [6.07, 6.45) is -1.44. The standard InChI is InChI=1S/C23H27N3O9/c1-22(2,3)34-21(29)26-14(19(27)33-7)10-23(20(26)28)13(11-24)18(25-35-23)17-15(31-5)8-12(30-4)9-16(17)32-6/h8-9,13-14H,10H2,1-7H3/t13-,14+,23-/m1/s1. The molecule has 12 nitrogen and oxygen atoms in total. The number of hydrogen-bond acceptors (Lipinski definition) is 11. The van der Waals surface area contributed by atoms with Gasteiger partial charge in [0.2, 0.25) is 5.60 Å². The Morgan fingerprint density at radius 2 is 1.74 bits per heavy atom. The molecular weight excluding hydrogens is 462 g/mol. The normalized spacial score (nSPS) is 23.3. The Bertz CT molecular complexity index is 1090. The van der Waals surface area contributed by atoms with Crippen molar-refractivity contribution in [1.82, 2.24) is 4.90 Å². The van der Waals surface area contributed by atoms with E-state index in [4.69, 9.17) is 28.5 Å². The Labute approximate surface area is 202 Å². The van der Waals surface area contributed by atoms with Gasteiger partial charge in [0, 0.05) is 18.6 Å². The summed E-state index contributed by atoms with van der Waals surface area (Å²) < 4.78 is 26.3. The molecule has 188 valence electrons. The molecular formula is C23H27N3O9. The molecule has 0 aromatic heterocycles. The van der Waals surface area contributed by atoms with Crippen LogP contribution < -0.4 is 14.2 Å². The average molecular weight is 489 g/mol. The van der Waals surface area contributed by atoms with E-state index in [1.54, 1.807) is 32.9 Å². The molecule has 0 bridgehead atoms. The molecule has 3 rings (SSSR count). The van der Waals surface area contributed by atoms with E-state index in [0.29, 0.717) is 10.6 Å². The Hall–Kier alpha value is -4.01. The monoisotopic (exact) mass is 489 g/mol. The first-order valence-electron chi connectivity index (χ1n) is 10.6. The Morgan fingerprint density at radius 1 is 1.14 bits per heavy atom. The van der Waals surface area contributed by atoms with Gasteiger partial charge in [-0.15, -0.1) is 0 Å². The zero-order chi connectivity index (χ0) is 26.1. The molecule has 3 atom stereocenters. The number of methoxy groups -OCH3 is 4. The minimum absolute atomic E-state index is 0.0341. The van der Waals surface area contributed by atoms with Crippen molar-refractivity contribution in [3.63, 3.8) is 0 Å². The maximum Gasteiger partial charge on any atom is 0.417 e. The van der Waals surface area contributed by atoms with E-state index < -0.39 is 41.1 Å². The molecule has 2 heterocycles. The lowest BCUT2D eigenvalue weighted by molar-refractivity contribution is -0.151. The number of carbonyl (C=O) groups is 3. The van der Waals surface area contributed by atoms with Crippen LogP contribution in [0, 0.1) is 17.2 Å². The summed E-state index contributed by atoms with van der Waals surface area (Å²) in [5.41, 5.74) is -2.63. The first-order chi connectivity index (χ1) is 16.5. The van der Waals surface area contributed by atoms with Crippen LogP contribution in [-0.4, -0.2) is 74.3 Å². The number of ether oxygens (including phenoxy) is 5. The van der Waals surface area contributed by atoms with E-state index in [1.807, 2.05) is 6.07 Å². The van der Waals surface area contributed by atoms with Crippen molar-refractivity contribution >= 4 is 23.7 Å². The lowest BCUT2D eigenvalue weighted by atomic mass is 9.80. The van der Waals surface area contributed by atoms with Gasteiger partial charge in [0.25, 0.3) is 5.91 Å². The second-order valence-corrected chi connectivity index (χ2v) is 8.82. The number of rotatable bonds is 5. The van der Waals surface area contributed by atoms with E-state index in [0.717, 1.165) is 7.11 Å². The van der Waals surface area contributed by atoms with Crippen molar-refractivity contribution in [2.24, 2.45) is 11.1 Å². The van der Waals surface area contributed by atoms with Gasteiger partial charge in [-0.25, -0.2) is 14.5 Å². The summed E-state index contributed by atoms with van der Waals surface area (Å²) in [7, 11) is 5.40. The fourth-order valence-corrected chi connectivity index (χ4v) is 4.05. The number of nitriles is 1. The van der Waals surface area contributed by atoms with E-state index in [-0.39, 0.29) is 29.2 Å². The Kier molecular flexibility index (Phi) is 6.82. The fourth-order valence-electron chi connectivity index (χ4n) is 4.05. The summed E-state index contributed by atoms with van der Waals surface area (Å²) >= 11 is 0. The van der Waals surface area contributed by atoms with Crippen molar-refractivity contribution in [2.75, 3.05) is 28.4 Å². The highest BCUT2D eigenvalue weighted by molar-refractivity contribution is 6.15. The van der Waals surface area contributed by atoms with Crippen molar-refractivity contribution in [2.45, 2.75) is 44.4 Å². The Morgan fingerprint density at radius 3 is 2.20 bits per heavy atom. The number of benzene rings is 1. The van der Waals surface area contributed by atoms with Crippen molar-refractivity contribution in [3.05, 3.63) is 17.7 Å². The minimum atomic E-state index is -1.98. The topological polar surface area (TPSA) is 146 Å². The van der Waals surface area contributed by atoms with Crippen LogP contribution in [0.15, 0.2) is 17.3 Å². The van der Waals surface area contributed by atoms with Crippen LogP contribution in [0.4, 0.5) is 4.79 Å². The molecule has 0 aliphatic carbocycles. The minimum Gasteiger partial charge on any atom is -0.496 e. The van der Waals surface area contributed by atoms with Crippen LogP contribution in [0.5, 0.6) is 17.2 Å². The smallest absolute Gasteiger partial charge is 0.417 e. The van der Waals surface area contributed by atoms with Gasteiger partial charge >= 0.3 is 12.1 Å². The second kappa shape index (κ2) is 9.32. The molecule has 0 unspecified atom stereocenters. The molecule has 1 fully saturated rings. The SMILES string of the molecule is COC(=O)[C@@H]1C[C@]2(ON=C(c3c(OC)cc(OC)cc3OC)[C@H]2C#N)C(=O)N1C(=O)OC(C)(C)C. The fraction of sp³-hybridized carbons (Fsp3) is 0.522. The lowest BCUT2D eigenvalue weighted by Crippen LogP contribution is -2.50. The third-order valence-electron chi connectivity index (χ3n) is 5.60. The molecule has 0 radical (unpaired) electrons. The molecule has 1 aromatic rings. The number of amides is 2. The van der Waals surface area contributed by atoms with Gasteiger partial charge in [0.05, 0.1) is 40.1 Å². The molecule has 0 N–H and O–H groups in total. The van der Waals surface area contributed by atoms with Crippen LogP contribution in [0.1, 0.15) is 32.8 Å². The van der Waals surface area contributed by atoms with Gasteiger partial charge in [0.15, 0.2) is 0 Å². The maximum atomic E-state index is 13.6. The lowest BCUT2D eigenvalue weighted by Gasteiger charge is -2.26. The van der Waals surface area contributed by atoms with Crippen LogP contribution in [0.3, 0.4) is 0 Å². The van der Waals surface area contributed by atoms with Crippen LogP contribution in [-0.2, 0) is 23.9 Å². The van der Waals surface area contributed by atoms with Gasteiger partial charge in [-0.1, -0.05) is 5.16 Å². The number of esters is 1. The maximum absolute atomic E-state index is 13.6. The summed E-state index contributed by atoms with van der Waals surface area (Å²) in [5.74, 6) is -2.22. The zero-order valence-electron chi connectivity index (χ0n) is 20.5. The summed E-state index contributed by atoms with van der Waals surface area (Å²) in [5, 5.41) is 14.2. The quantitative estimate of drug-likeness (QED) is 0.563. The number of imide groups is 1. The highest BCUT2D eigenvalue weighted by Crippen LogP contribution is 2.47. The van der Waals surface area contributed by atoms with E-state index in [2.05, 4.69) is 5.16 Å². The average Bonchev–Trinajstić information content (AvgIpc) is 3.33. The molecule has 2 aliphatic heterocycles. The van der Waals surface area contributed by atoms with Gasteiger partial charge in [-0.05, 0) is 20.8 Å². The highest BCUT2D eigenvalue weighted by atomic mass is 16.7. The highest BCUT2D eigenvalue weighted by Gasteiger charge is 2.67. The molecule has 0 saturated carbocycles. The predicted molar refractivity (Wildman–Crippen MR) is 119 cm³/mol. The third-order valence-corrected chi connectivity index (χ3v) is 5.60. The van der Waals surface area contributed by atoms with E-state index >= 15 is 0 Å². The summed E-state index contributed by atoms with van der Waals surface area (Å²) in [6.45, 7) is 4.84. The number of oxime groups is 1. The first kappa shape index (κ1) is 25.6. The van der Waals surface area contributed by atoms with Crippen molar-refractivity contribution in [1.29, 1.82) is 5.26 Å². The van der Waals surface area contributed by atoms with Crippen molar-refractivity contribution in [3.8, 4) is 23.3 Å². The number of hydrogen-bond donors (Lipinski definition) is 0. The van der Waals surface area contributed by atoms with Gasteiger partial charge in [0.1, 0.15) is 40.5 Å². The molecule has 2 aliphatic rings. The van der Waals surface area contributed by atoms with Gasteiger partial charge in [-0.2, -0.15) is 5.26 Å². The summed E-state index contributed by atoms with van der Waals surface area (Å²) in [6, 6.07) is 3.77. The molecule has 2 amide bonds. The zero-order valence-corrected chi connectivity index (χ0v) is 20.5. The van der Waals surface area contributed by atoms with Crippen LogP contribution >= 0.6 is 0 Å². The Balaban J connectivity index is 2.10. The predicted octanol–water partition coefficient (Wildman–Crippen LogP) is 2.03. The second-order valence-electron chi connectivity index (χ2n) is 8.82. The molecule has 35 heavy (non-hydrogen) atoms. The van der Waals surface area contributed by atoms with Crippen molar-refractivity contribution < 1.29 is 42.9 Å². The molecule has 1 spiro atoms. The first-order valence-corrected chi connectivity index (χ1v) is 10.6. The largest absolute Gasteiger partial charge is 0.496 e.